The summed E-state index contributed by atoms with van der Waals surface area (Å²) in [7, 11) is -27.0. The second-order valence-electron chi connectivity index (χ2n) is 34.5. The summed E-state index contributed by atoms with van der Waals surface area (Å²) in [6, 6.07) is 3.41. The summed E-state index contributed by atoms with van der Waals surface area (Å²) in [6.07, 6.45) is 3.62. The lowest BCUT2D eigenvalue weighted by molar-refractivity contribution is -0.142. The number of carboxylic acid groups (broad SMARTS) is 1. The van der Waals surface area contributed by atoms with Crippen LogP contribution in [-0.4, -0.2) is 372 Å². The van der Waals surface area contributed by atoms with Crippen LogP contribution in [0.5, 0.6) is 34.5 Å². The van der Waals surface area contributed by atoms with Crippen molar-refractivity contribution in [1.82, 2.24) is 67.3 Å². The van der Waals surface area contributed by atoms with Gasteiger partial charge in [0.2, 0.25) is 53.0 Å². The molecule has 58 heteroatoms. The maximum atomic E-state index is 15.1. The second kappa shape index (κ2) is 52.6. The molecule has 139 heavy (non-hydrogen) atoms. The predicted octanol–water partition coefficient (Wildman–Crippen LogP) is 1.03. The minimum Gasteiger partial charge on any atom is -0.489 e. The third-order valence-corrected chi connectivity index (χ3v) is 31.6. The molecular formula is C81H124N16O34S8. The maximum Gasteiger partial charge on any atom is 0.315 e. The fourth-order valence-electron chi connectivity index (χ4n) is 16.6. The average Bonchev–Trinajstić information content (AvgIpc) is 1.64. The van der Waals surface area contributed by atoms with Crippen molar-refractivity contribution >= 4 is 156 Å². The molecule has 15 N–H and O–H groups in total. The molecule has 1 aromatic heterocycles. The van der Waals surface area contributed by atoms with Crippen molar-refractivity contribution in [3.8, 4) is 34.5 Å². The molecule has 10 rings (SSSR count). The summed E-state index contributed by atoms with van der Waals surface area (Å²) < 4.78 is 233. The normalized spacial score (nSPS) is 19.4. The van der Waals surface area contributed by atoms with E-state index >= 15 is 9.59 Å². The van der Waals surface area contributed by atoms with Gasteiger partial charge in [0.05, 0.1) is 104 Å². The molecule has 0 saturated carbocycles. The van der Waals surface area contributed by atoms with E-state index in [9.17, 15) is 116 Å². The fraction of sp³-hybridized carbons (Fsp3) is 0.704. The first-order chi connectivity index (χ1) is 65.7. The van der Waals surface area contributed by atoms with Gasteiger partial charge in [-0.25, -0.2) is 9.59 Å². The molecule has 0 spiro atoms. The number of hydrogen-bond acceptors (Lipinski definition) is 35. The monoisotopic (exact) mass is 2120 g/mol. The molecule has 50 nitrogen and oxygen atoms in total. The summed E-state index contributed by atoms with van der Waals surface area (Å²) in [6.45, 7) is -1.99. The van der Waals surface area contributed by atoms with Crippen LogP contribution in [0.4, 0.5) is 27.4 Å². The third kappa shape index (κ3) is 38.8. The van der Waals surface area contributed by atoms with Crippen LogP contribution in [0, 0.1) is 5.92 Å². The highest BCUT2D eigenvalue weighted by molar-refractivity contribution is 8.00. The molecule has 3 aromatic rings. The Morgan fingerprint density at radius 3 is 0.978 bits per heavy atom. The molecule has 8 heterocycles. The van der Waals surface area contributed by atoms with Crippen LogP contribution < -0.4 is 85.7 Å². The van der Waals surface area contributed by atoms with Gasteiger partial charge in [-0.1, -0.05) is 12.8 Å². The van der Waals surface area contributed by atoms with Crippen LogP contribution >= 0.6 is 23.5 Å². The van der Waals surface area contributed by atoms with Crippen LogP contribution in [-0.2, 0) is 84.7 Å². The molecule has 7 aliphatic rings. The maximum absolute atomic E-state index is 15.1. The minimum atomic E-state index is -4.50. The van der Waals surface area contributed by atoms with E-state index in [4.69, 9.17) is 43.4 Å². The molecule has 7 saturated heterocycles. The van der Waals surface area contributed by atoms with E-state index in [0.29, 0.717) is 103 Å². The van der Waals surface area contributed by atoms with Gasteiger partial charge in [-0.2, -0.15) is 89.0 Å². The van der Waals surface area contributed by atoms with Crippen LogP contribution in [0.15, 0.2) is 24.3 Å². The Balaban J connectivity index is 0.811. The van der Waals surface area contributed by atoms with Gasteiger partial charge in [-0.15, -0.1) is 0 Å². The van der Waals surface area contributed by atoms with E-state index in [1.165, 1.54) is 34.1 Å². The van der Waals surface area contributed by atoms with E-state index in [2.05, 4.69) is 42.5 Å². The minimum absolute atomic E-state index is 0.0182. The first-order valence-corrected chi connectivity index (χ1v) is 57.6. The number of urea groups is 2. The number of unbranched alkanes of at least 4 members (excludes halogenated alkanes) is 2. The Hall–Kier alpha value is -9.36. The number of carbonyl (C=O) groups is 9. The van der Waals surface area contributed by atoms with Gasteiger partial charge in [-0.3, -0.25) is 60.9 Å². The first kappa shape index (κ1) is 112. The molecule has 6 atom stereocenters. The molecule has 780 valence electrons. The highest BCUT2D eigenvalue weighted by atomic mass is 32.2. The van der Waals surface area contributed by atoms with Gasteiger partial charge in [0, 0.05) is 149 Å². The number of carboxylic acids is 1. The molecule has 2 aromatic carbocycles. The van der Waals surface area contributed by atoms with Crippen LogP contribution in [0.1, 0.15) is 162 Å². The molecule has 0 bridgehead atoms. The number of nitrogens with one attached hydrogen (secondary N) is 8. The highest BCUT2D eigenvalue weighted by Crippen LogP contribution is 2.43. The van der Waals surface area contributed by atoms with Crippen molar-refractivity contribution in [2.45, 2.75) is 188 Å². The Bertz CT molecular complexity index is 5040. The van der Waals surface area contributed by atoms with Crippen LogP contribution in [0.3, 0.4) is 0 Å². The molecular weight excluding hydrogens is 2000 g/mol. The number of benzene rings is 2. The molecule has 0 aliphatic carbocycles. The molecule has 10 amide bonds. The third-order valence-electron chi connectivity index (χ3n) is 23.7. The highest BCUT2D eigenvalue weighted by Gasteiger charge is 2.45. The number of anilines is 3. The smallest absolute Gasteiger partial charge is 0.315 e. The molecule has 6 unspecified atom stereocenters. The summed E-state index contributed by atoms with van der Waals surface area (Å²) in [5.74, 6) is -8.69. The van der Waals surface area contributed by atoms with Crippen molar-refractivity contribution in [2.24, 2.45) is 5.92 Å². The number of hydrogen-bond donors (Lipinski definition) is 15. The van der Waals surface area contributed by atoms with E-state index < -0.39 is 182 Å². The number of amides is 10. The zero-order valence-corrected chi connectivity index (χ0v) is 83.0. The van der Waals surface area contributed by atoms with Crippen molar-refractivity contribution < 1.29 is 155 Å². The zero-order valence-electron chi connectivity index (χ0n) is 76.4. The Kier molecular flexibility index (Phi) is 42.2. The summed E-state index contributed by atoms with van der Waals surface area (Å²) in [5.41, 5.74) is -0.408. The van der Waals surface area contributed by atoms with Gasteiger partial charge < -0.3 is 101 Å². The molecule has 0 radical (unpaired) electrons. The van der Waals surface area contributed by atoms with Crippen LogP contribution in [0.2, 0.25) is 0 Å². The van der Waals surface area contributed by atoms with Crippen LogP contribution in [0.25, 0.3) is 0 Å². The first-order valence-electron chi connectivity index (χ1n) is 45.9. The lowest BCUT2D eigenvalue weighted by Crippen LogP contribution is -2.47. The Morgan fingerprint density at radius 2 is 0.683 bits per heavy atom. The van der Waals surface area contributed by atoms with E-state index in [-0.39, 0.29) is 225 Å². The quantitative estimate of drug-likeness (QED) is 0.0213. The average molecular weight is 2120 g/mol. The van der Waals surface area contributed by atoms with E-state index in [0.717, 1.165) is 24.3 Å². The number of aromatic nitrogens is 3. The number of fused-ring (bicyclic) bond motifs is 2. The predicted molar refractivity (Wildman–Crippen MR) is 506 cm³/mol. The summed E-state index contributed by atoms with van der Waals surface area (Å²) in [4.78, 5) is 145. The number of nitrogens with zero attached hydrogens (tertiary/aromatic N) is 8. The van der Waals surface area contributed by atoms with Crippen molar-refractivity contribution in [3.05, 3.63) is 35.4 Å². The standard InChI is InChI=1S/C81H124N16O34S8/c98-66(13-3-1-11-64-70-58(51-132-64)86-80(106)88-70)82-23-33-93(74(102)54-47-60(126-35-5-41-134(108,109)110)72(130-39-9-45-138(120,121)122)61(48-54)127-36-6-42-135(111,112)113)31-21-68(100)84-56-17-27-96(28-18-56)78-90-77(95-25-15-53(16-26-95)76(104)105)91-79(92-78)97-29-19-57(20-30-97)85-69(101)22-32-94(34-24-83-67(99)14-4-2-12-65-71-59(52-133-65)87-81(107)89-71)75(103)55-49-62(128-37-7-43-136(114,115)116)73(131-40-10-46-139(123,124)125)63(50-55)129-38-8-44-137(117,118)119/h47-50,53,56-59,64-65,70-71H,1-46,51-52H2,(H,82,98)(H,83,99)(H,84,100)(H,85,101)(H,104,105)(H2,86,88,106)(H2,87,89,107)(H,108,109,110)(H,111,112,113)(H,114,115,116)(H,117,118,119)(H,120,121,122)(H,123,124,125). The Labute approximate surface area is 814 Å². The van der Waals surface area contributed by atoms with E-state index in [1.807, 2.05) is 14.7 Å². The number of carbonyl (C=O) groups excluding carboxylic acids is 8. The fourth-order valence-corrected chi connectivity index (χ4v) is 22.6. The second-order valence-corrected chi connectivity index (χ2v) is 46.5. The van der Waals surface area contributed by atoms with Gasteiger partial charge in [-0.05, 0) is 127 Å². The molecule has 7 fully saturated rings. The number of rotatable bonds is 60. The van der Waals surface area contributed by atoms with E-state index in [1.54, 1.807) is 23.5 Å². The summed E-state index contributed by atoms with van der Waals surface area (Å²) in [5, 5.41) is 33.8. The summed E-state index contributed by atoms with van der Waals surface area (Å²) >= 11 is 3.47. The zero-order chi connectivity index (χ0) is 101. The van der Waals surface area contributed by atoms with Gasteiger partial charge >= 0.3 is 18.0 Å². The van der Waals surface area contributed by atoms with Gasteiger partial charge in [0.1, 0.15) is 0 Å². The largest absolute Gasteiger partial charge is 0.489 e. The lowest BCUT2D eigenvalue weighted by atomic mass is 9.97. The topological polar surface area (TPSA) is 707 Å². The van der Waals surface area contributed by atoms with Gasteiger partial charge in [0.25, 0.3) is 72.5 Å². The number of thioether (sulfide) groups is 2. The number of ether oxygens (including phenoxy) is 6. The lowest BCUT2D eigenvalue weighted by Gasteiger charge is -2.36. The van der Waals surface area contributed by atoms with Crippen molar-refractivity contribution in [2.75, 3.05) is 179 Å². The van der Waals surface area contributed by atoms with Gasteiger partial charge in [0.15, 0.2) is 23.0 Å². The number of piperidine rings is 3. The van der Waals surface area contributed by atoms with Crippen molar-refractivity contribution in [1.29, 1.82) is 0 Å². The van der Waals surface area contributed by atoms with Crippen molar-refractivity contribution in [3.63, 3.8) is 0 Å². The number of aliphatic carboxylic acids is 1. The SMILES string of the molecule is O=C(CCCCC1SCC2NC(=O)NC21)NCCN(CCC(=O)NC1CCN(c2nc(N3CCC(NC(=O)CCN(CCNC(=O)CCCCC4SCC5NC(=O)NC54)C(=O)c4cc(OCCCS(=O)(=O)O)c(OCCCS(=O)(=O)O)c(OCCCS(=O)(=O)O)c4)CC3)nc(N3CCC(C(=O)O)CC3)n2)CC1)C(=O)c1cc(OCCCS(=O)(=O)O)c(OCCCS(=O)(=O)O)c(OCCCS(=O)(=O)O)c1. The Morgan fingerprint density at radius 1 is 0.388 bits per heavy atom. The molecule has 7 aliphatic heterocycles.